The first-order chi connectivity index (χ1) is 13.2. The minimum absolute atomic E-state index is 0.261. The zero-order valence-corrected chi connectivity index (χ0v) is 15.9. The molecule has 0 aliphatic carbocycles. The second-order valence-corrected chi connectivity index (χ2v) is 6.25. The lowest BCUT2D eigenvalue weighted by Crippen LogP contribution is -2.26. The van der Waals surface area contributed by atoms with Crippen LogP contribution in [0.15, 0.2) is 70.4 Å². The molecule has 2 aromatic carbocycles. The van der Waals surface area contributed by atoms with Crippen LogP contribution in [0.25, 0.3) is 5.57 Å². The van der Waals surface area contributed by atoms with Gasteiger partial charge in [-0.1, -0.05) is 55.8 Å². The molecule has 0 bridgehead atoms. The van der Waals surface area contributed by atoms with E-state index in [1.165, 1.54) is 5.56 Å². The fourth-order valence-corrected chi connectivity index (χ4v) is 2.92. The van der Waals surface area contributed by atoms with E-state index in [1.54, 1.807) is 0 Å². The summed E-state index contributed by atoms with van der Waals surface area (Å²) in [6.07, 6.45) is 3.30. The Bertz CT molecular complexity index is 804. The van der Waals surface area contributed by atoms with E-state index >= 15 is 0 Å². The van der Waals surface area contributed by atoms with E-state index in [4.69, 9.17) is 0 Å². The Labute approximate surface area is 162 Å². The molecule has 0 spiro atoms. The predicted octanol–water partition coefficient (Wildman–Crippen LogP) is 5.13. The van der Waals surface area contributed by atoms with E-state index in [-0.39, 0.29) is 5.82 Å². The molecule has 0 fully saturated rings. The van der Waals surface area contributed by atoms with Crippen LogP contribution in [0.4, 0.5) is 5.69 Å². The van der Waals surface area contributed by atoms with Crippen LogP contribution in [0.5, 0.6) is 0 Å². The Morgan fingerprint density at radius 1 is 1.00 bits per heavy atom. The average Bonchev–Trinajstić information content (AvgIpc) is 2.73. The standard InChI is InChI=1S/C23H26N4/c1-4-5-16-27(17-15-19-9-7-6-8-10-19)21-13-11-20(12-14-21)22(18-24)23(25-2)26-3/h6-14H,2-5,15-17H2,1H3. The highest BCUT2D eigenvalue weighted by atomic mass is 15.1. The molecule has 0 saturated carbocycles. The van der Waals surface area contributed by atoms with Crippen molar-refractivity contribution < 1.29 is 0 Å². The molecule has 0 N–H and O–H groups in total. The number of rotatable bonds is 10. The summed E-state index contributed by atoms with van der Waals surface area (Å²) in [7, 11) is 0. The van der Waals surface area contributed by atoms with Gasteiger partial charge in [-0.25, -0.2) is 9.98 Å². The summed E-state index contributed by atoms with van der Waals surface area (Å²) in [6.45, 7) is 11.1. The van der Waals surface area contributed by atoms with Crippen molar-refractivity contribution in [2.24, 2.45) is 9.98 Å². The molecular formula is C23H26N4. The molecule has 2 rings (SSSR count). The van der Waals surface area contributed by atoms with Crippen molar-refractivity contribution in [1.29, 1.82) is 5.26 Å². The van der Waals surface area contributed by atoms with E-state index in [0.29, 0.717) is 5.57 Å². The molecule has 4 nitrogen and oxygen atoms in total. The quantitative estimate of drug-likeness (QED) is 0.437. The van der Waals surface area contributed by atoms with Gasteiger partial charge >= 0.3 is 0 Å². The van der Waals surface area contributed by atoms with Gasteiger partial charge in [0.1, 0.15) is 11.6 Å². The fraction of sp³-hybridized carbons (Fsp3) is 0.261. The van der Waals surface area contributed by atoms with Gasteiger partial charge < -0.3 is 4.90 Å². The third kappa shape index (κ3) is 5.65. The maximum absolute atomic E-state index is 9.42. The smallest absolute Gasteiger partial charge is 0.169 e. The molecule has 0 saturated heterocycles. The topological polar surface area (TPSA) is 51.8 Å². The summed E-state index contributed by atoms with van der Waals surface area (Å²) in [5.41, 5.74) is 3.65. The lowest BCUT2D eigenvalue weighted by Gasteiger charge is -2.25. The Morgan fingerprint density at radius 3 is 2.22 bits per heavy atom. The van der Waals surface area contributed by atoms with Crippen LogP contribution >= 0.6 is 0 Å². The van der Waals surface area contributed by atoms with Crippen molar-refractivity contribution in [3.63, 3.8) is 0 Å². The number of benzene rings is 2. The summed E-state index contributed by atoms with van der Waals surface area (Å²) in [6, 6.07) is 20.7. The number of nitrogens with zero attached hydrogens (tertiary/aromatic N) is 4. The van der Waals surface area contributed by atoms with E-state index in [9.17, 15) is 5.26 Å². The molecule has 0 unspecified atom stereocenters. The lowest BCUT2D eigenvalue weighted by molar-refractivity contribution is 0.711. The summed E-state index contributed by atoms with van der Waals surface area (Å²) in [5.74, 6) is 0.261. The first-order valence-corrected chi connectivity index (χ1v) is 9.20. The van der Waals surface area contributed by atoms with Crippen LogP contribution in [0, 0.1) is 11.3 Å². The average molecular weight is 358 g/mol. The van der Waals surface area contributed by atoms with Gasteiger partial charge in [-0.05, 0) is 49.5 Å². The van der Waals surface area contributed by atoms with Crippen molar-refractivity contribution in [3.05, 3.63) is 71.5 Å². The van der Waals surface area contributed by atoms with Crippen LogP contribution in [0.3, 0.4) is 0 Å². The number of aliphatic imine (C=N–C) groups is 2. The van der Waals surface area contributed by atoms with Crippen molar-refractivity contribution in [2.75, 3.05) is 18.0 Å². The van der Waals surface area contributed by atoms with Crippen molar-refractivity contribution >= 4 is 24.7 Å². The largest absolute Gasteiger partial charge is 0.371 e. The van der Waals surface area contributed by atoms with Crippen molar-refractivity contribution in [3.8, 4) is 6.07 Å². The zero-order chi connectivity index (χ0) is 19.5. The van der Waals surface area contributed by atoms with Gasteiger partial charge in [-0.3, -0.25) is 0 Å². The van der Waals surface area contributed by atoms with Gasteiger partial charge in [0.25, 0.3) is 0 Å². The minimum Gasteiger partial charge on any atom is -0.371 e. The molecule has 0 amide bonds. The number of hydrogen-bond acceptors (Lipinski definition) is 4. The highest BCUT2D eigenvalue weighted by Crippen LogP contribution is 2.23. The molecule has 0 aliphatic rings. The Hall–Kier alpha value is -3.19. The molecule has 4 heteroatoms. The van der Waals surface area contributed by atoms with Gasteiger partial charge in [-0.2, -0.15) is 5.26 Å². The Kier molecular flexibility index (Phi) is 7.99. The highest BCUT2D eigenvalue weighted by Gasteiger charge is 2.10. The maximum atomic E-state index is 9.42. The number of allylic oxidation sites excluding steroid dienone is 1. The molecule has 0 aromatic heterocycles. The van der Waals surface area contributed by atoms with Gasteiger partial charge in [0.2, 0.25) is 0 Å². The molecule has 0 aliphatic heterocycles. The number of anilines is 1. The first-order valence-electron chi connectivity index (χ1n) is 9.20. The Morgan fingerprint density at radius 2 is 1.67 bits per heavy atom. The highest BCUT2D eigenvalue weighted by molar-refractivity contribution is 5.80. The second-order valence-electron chi connectivity index (χ2n) is 6.25. The number of hydrogen-bond donors (Lipinski definition) is 0. The first kappa shape index (κ1) is 20.1. The summed E-state index contributed by atoms with van der Waals surface area (Å²) in [5, 5.41) is 9.42. The van der Waals surface area contributed by atoms with E-state index < -0.39 is 0 Å². The zero-order valence-electron chi connectivity index (χ0n) is 15.9. The molecule has 0 atom stereocenters. The summed E-state index contributed by atoms with van der Waals surface area (Å²) < 4.78 is 0. The van der Waals surface area contributed by atoms with Crippen LogP contribution < -0.4 is 4.90 Å². The van der Waals surface area contributed by atoms with Gasteiger partial charge in [0, 0.05) is 18.8 Å². The van der Waals surface area contributed by atoms with E-state index in [1.807, 2.05) is 18.2 Å². The normalized spacial score (nSPS) is 9.93. The maximum Gasteiger partial charge on any atom is 0.169 e. The fourth-order valence-electron chi connectivity index (χ4n) is 2.92. The second kappa shape index (κ2) is 10.7. The van der Waals surface area contributed by atoms with Crippen molar-refractivity contribution in [1.82, 2.24) is 0 Å². The SMILES string of the molecule is C=NC(N=C)=C(C#N)c1ccc(N(CCCC)CCc2ccccc2)cc1. The lowest BCUT2D eigenvalue weighted by atomic mass is 10.1. The molecular weight excluding hydrogens is 332 g/mol. The van der Waals surface area contributed by atoms with E-state index in [2.05, 4.69) is 77.7 Å². The van der Waals surface area contributed by atoms with Gasteiger partial charge in [-0.15, -0.1) is 0 Å². The molecule has 138 valence electrons. The van der Waals surface area contributed by atoms with Crippen LogP contribution in [-0.2, 0) is 6.42 Å². The van der Waals surface area contributed by atoms with Crippen LogP contribution in [0.1, 0.15) is 30.9 Å². The summed E-state index contributed by atoms with van der Waals surface area (Å²) >= 11 is 0. The minimum atomic E-state index is 0.261. The summed E-state index contributed by atoms with van der Waals surface area (Å²) in [4.78, 5) is 9.96. The van der Waals surface area contributed by atoms with Crippen LogP contribution in [0.2, 0.25) is 0 Å². The van der Waals surface area contributed by atoms with Crippen LogP contribution in [-0.4, -0.2) is 26.5 Å². The van der Waals surface area contributed by atoms with Gasteiger partial charge in [0.15, 0.2) is 5.82 Å². The monoisotopic (exact) mass is 358 g/mol. The number of unbranched alkanes of at least 4 members (excludes halogenated alkanes) is 1. The molecule has 27 heavy (non-hydrogen) atoms. The third-order valence-corrected chi connectivity index (χ3v) is 4.45. The molecule has 0 radical (unpaired) electrons. The van der Waals surface area contributed by atoms with Gasteiger partial charge in [0.05, 0.1) is 0 Å². The number of nitriles is 1. The third-order valence-electron chi connectivity index (χ3n) is 4.45. The van der Waals surface area contributed by atoms with E-state index in [0.717, 1.165) is 43.6 Å². The molecule has 0 heterocycles. The Balaban J connectivity index is 2.20. The predicted molar refractivity (Wildman–Crippen MR) is 115 cm³/mol. The van der Waals surface area contributed by atoms with Crippen molar-refractivity contribution in [2.45, 2.75) is 26.2 Å². The molecule has 2 aromatic rings.